The van der Waals surface area contributed by atoms with E-state index in [1.807, 2.05) is 6.92 Å². The number of alkyl halides is 3. The van der Waals surface area contributed by atoms with Gasteiger partial charge in [0.15, 0.2) is 17.7 Å². The summed E-state index contributed by atoms with van der Waals surface area (Å²) in [7, 11) is 0. The molecule has 0 bridgehead atoms. The van der Waals surface area contributed by atoms with Gasteiger partial charge in [0.1, 0.15) is 5.60 Å². The van der Waals surface area contributed by atoms with Crippen LogP contribution < -0.4 is 16.2 Å². The molecule has 9 heteroatoms. The van der Waals surface area contributed by atoms with E-state index in [1.165, 1.54) is 11.0 Å². The number of benzene rings is 1. The number of hydrogen-bond acceptors (Lipinski definition) is 5. The second kappa shape index (κ2) is 7.69. The molecule has 1 aliphatic heterocycles. The fourth-order valence-electron chi connectivity index (χ4n) is 3.04. The monoisotopic (exact) mass is 403 g/mol. The molecule has 0 spiro atoms. The van der Waals surface area contributed by atoms with Crippen molar-refractivity contribution >= 4 is 5.69 Å². The van der Waals surface area contributed by atoms with Crippen LogP contribution in [0.25, 0.3) is 0 Å². The van der Waals surface area contributed by atoms with Crippen molar-refractivity contribution in [1.82, 2.24) is 4.90 Å². The van der Waals surface area contributed by atoms with Gasteiger partial charge in [0.25, 0.3) is 0 Å². The van der Waals surface area contributed by atoms with Crippen molar-refractivity contribution in [3.63, 3.8) is 0 Å². The Morgan fingerprint density at radius 2 is 2.11 bits per heavy atom. The second-order valence-electron chi connectivity index (χ2n) is 7.55. The van der Waals surface area contributed by atoms with Gasteiger partial charge in [0, 0.05) is 18.3 Å². The van der Waals surface area contributed by atoms with Gasteiger partial charge in [-0.1, -0.05) is 0 Å². The number of nitrogens with two attached hydrogens (primary N) is 2. The normalized spacial score (nSPS) is 22.2. The fourth-order valence-corrected chi connectivity index (χ4v) is 3.04. The molecule has 2 aliphatic rings. The molecular weight excluding hydrogens is 378 g/mol. The van der Waals surface area contributed by atoms with Crippen molar-refractivity contribution in [3.8, 4) is 5.75 Å². The third-order valence-electron chi connectivity index (χ3n) is 5.07. The van der Waals surface area contributed by atoms with Gasteiger partial charge >= 0.3 is 6.18 Å². The van der Waals surface area contributed by atoms with E-state index in [9.17, 15) is 17.6 Å². The number of nitrogens with zero attached hydrogens (tertiary/aromatic N) is 1. The van der Waals surface area contributed by atoms with Gasteiger partial charge in [0.05, 0.1) is 19.0 Å². The molecular formula is C19H25F4N3O2. The molecule has 1 aliphatic carbocycles. The number of halogens is 4. The summed E-state index contributed by atoms with van der Waals surface area (Å²) in [5, 5.41) is 0. The van der Waals surface area contributed by atoms with Crippen molar-refractivity contribution in [1.29, 1.82) is 0 Å². The maximum atomic E-state index is 14.1. The molecule has 1 saturated carbocycles. The molecule has 28 heavy (non-hydrogen) atoms. The van der Waals surface area contributed by atoms with Crippen LogP contribution in [-0.2, 0) is 11.2 Å². The van der Waals surface area contributed by atoms with E-state index in [0.717, 1.165) is 12.8 Å². The van der Waals surface area contributed by atoms with Gasteiger partial charge in [-0.25, -0.2) is 4.39 Å². The van der Waals surface area contributed by atoms with Gasteiger partial charge in [0.2, 0.25) is 0 Å². The molecule has 1 heterocycles. The van der Waals surface area contributed by atoms with E-state index in [2.05, 4.69) is 0 Å². The number of rotatable bonds is 6. The standard InChI is InChI=1S/C19H25F4N3O2/c1-18(5-6-18)28-15-9-12(14(24)10-13(15)20)3-2-4-17(25)26-7-8-27-16(11-26)19(21,22)23/h4,9-10,16H,2-3,5-8,11,24-25H2,1H3/b17-4+. The second-order valence-corrected chi connectivity index (χ2v) is 7.55. The molecule has 0 radical (unpaired) electrons. The van der Waals surface area contributed by atoms with E-state index < -0.39 is 18.1 Å². The summed E-state index contributed by atoms with van der Waals surface area (Å²) in [6, 6.07) is 2.83. The highest BCUT2D eigenvalue weighted by molar-refractivity contribution is 5.51. The molecule has 1 aromatic rings. The minimum atomic E-state index is -4.42. The van der Waals surface area contributed by atoms with E-state index >= 15 is 0 Å². The van der Waals surface area contributed by atoms with Crippen LogP contribution in [0, 0.1) is 5.82 Å². The quantitative estimate of drug-likeness (QED) is 0.563. The van der Waals surface area contributed by atoms with Gasteiger partial charge in [-0.15, -0.1) is 0 Å². The number of allylic oxidation sites excluding steroid dienone is 1. The van der Waals surface area contributed by atoms with Crippen LogP contribution in [0.1, 0.15) is 31.7 Å². The number of nitrogen functional groups attached to an aromatic ring is 1. The molecule has 1 unspecified atom stereocenters. The van der Waals surface area contributed by atoms with Crippen molar-refractivity contribution in [2.45, 2.75) is 50.5 Å². The third kappa shape index (κ3) is 5.01. The fraction of sp³-hybridized carbons (Fsp3) is 0.579. The Hall–Kier alpha value is -2.16. The molecule has 1 atom stereocenters. The zero-order valence-corrected chi connectivity index (χ0v) is 15.7. The zero-order chi connectivity index (χ0) is 20.5. The van der Waals surface area contributed by atoms with Crippen LogP contribution in [-0.4, -0.2) is 42.5 Å². The molecule has 1 saturated heterocycles. The number of morpholine rings is 1. The van der Waals surface area contributed by atoms with Crippen molar-refractivity contribution < 1.29 is 27.0 Å². The number of aryl methyl sites for hydroxylation is 1. The Morgan fingerprint density at radius 1 is 1.39 bits per heavy atom. The molecule has 4 N–H and O–H groups in total. The maximum absolute atomic E-state index is 14.1. The lowest BCUT2D eigenvalue weighted by atomic mass is 10.1. The lowest BCUT2D eigenvalue weighted by molar-refractivity contribution is -0.235. The van der Waals surface area contributed by atoms with E-state index in [4.69, 9.17) is 20.9 Å². The molecule has 0 aromatic heterocycles. The minimum Gasteiger partial charge on any atom is -0.484 e. The highest BCUT2D eigenvalue weighted by Crippen LogP contribution is 2.41. The highest BCUT2D eigenvalue weighted by Gasteiger charge is 2.43. The average Bonchev–Trinajstić information content (AvgIpc) is 3.35. The minimum absolute atomic E-state index is 0.0386. The Bertz CT molecular complexity index is 747. The average molecular weight is 403 g/mol. The summed E-state index contributed by atoms with van der Waals surface area (Å²) in [6.45, 7) is 1.84. The van der Waals surface area contributed by atoms with Crippen LogP contribution in [0.5, 0.6) is 5.75 Å². The van der Waals surface area contributed by atoms with Crippen LogP contribution in [0.3, 0.4) is 0 Å². The Kier molecular flexibility index (Phi) is 5.65. The summed E-state index contributed by atoms with van der Waals surface area (Å²) < 4.78 is 63.0. The molecule has 156 valence electrons. The number of ether oxygens (including phenoxy) is 2. The largest absolute Gasteiger partial charge is 0.484 e. The predicted octanol–water partition coefficient (Wildman–Crippen LogP) is 3.34. The third-order valence-corrected chi connectivity index (χ3v) is 5.07. The van der Waals surface area contributed by atoms with Gasteiger partial charge in [-0.3, -0.25) is 0 Å². The topological polar surface area (TPSA) is 73.7 Å². The first-order valence-electron chi connectivity index (χ1n) is 9.23. The van der Waals surface area contributed by atoms with Crippen molar-refractivity contribution in [2.24, 2.45) is 5.73 Å². The molecule has 0 amide bonds. The van der Waals surface area contributed by atoms with Crippen LogP contribution in [0.2, 0.25) is 0 Å². The number of hydrogen-bond donors (Lipinski definition) is 2. The summed E-state index contributed by atoms with van der Waals surface area (Å²) in [6.07, 6.45) is -1.93. The summed E-state index contributed by atoms with van der Waals surface area (Å²) >= 11 is 0. The summed E-state index contributed by atoms with van der Waals surface area (Å²) in [5.41, 5.74) is 12.5. The first-order valence-corrected chi connectivity index (χ1v) is 9.23. The Morgan fingerprint density at radius 3 is 2.75 bits per heavy atom. The lowest BCUT2D eigenvalue weighted by Crippen LogP contribution is -2.49. The zero-order valence-electron chi connectivity index (χ0n) is 15.7. The van der Waals surface area contributed by atoms with E-state index in [1.54, 1.807) is 12.1 Å². The Balaban J connectivity index is 1.61. The van der Waals surface area contributed by atoms with E-state index in [-0.39, 0.29) is 30.3 Å². The SMILES string of the molecule is CC1(Oc2cc(CC/C=C(\N)N3CCOC(C(F)(F)F)C3)c(N)cc2F)CC1. The van der Waals surface area contributed by atoms with Gasteiger partial charge in [-0.05, 0) is 50.3 Å². The van der Waals surface area contributed by atoms with E-state index in [0.29, 0.717) is 30.6 Å². The molecule has 5 nitrogen and oxygen atoms in total. The first kappa shape index (κ1) is 20.6. The molecule has 2 fully saturated rings. The Labute approximate surface area is 161 Å². The lowest BCUT2D eigenvalue weighted by Gasteiger charge is -2.35. The van der Waals surface area contributed by atoms with Gasteiger partial charge in [-0.2, -0.15) is 13.2 Å². The number of anilines is 1. The van der Waals surface area contributed by atoms with Crippen molar-refractivity contribution in [3.05, 3.63) is 35.4 Å². The first-order chi connectivity index (χ1) is 13.1. The van der Waals surface area contributed by atoms with Crippen LogP contribution in [0.15, 0.2) is 24.0 Å². The van der Waals surface area contributed by atoms with Crippen LogP contribution in [0.4, 0.5) is 23.2 Å². The predicted molar refractivity (Wildman–Crippen MR) is 97.0 cm³/mol. The summed E-state index contributed by atoms with van der Waals surface area (Å²) in [5.74, 6) is -0.0708. The van der Waals surface area contributed by atoms with Gasteiger partial charge < -0.3 is 25.8 Å². The molecule has 3 rings (SSSR count). The van der Waals surface area contributed by atoms with Crippen LogP contribution >= 0.6 is 0 Å². The highest BCUT2D eigenvalue weighted by atomic mass is 19.4. The molecule has 1 aromatic carbocycles. The van der Waals surface area contributed by atoms with Crippen molar-refractivity contribution in [2.75, 3.05) is 25.4 Å². The maximum Gasteiger partial charge on any atom is 0.416 e. The smallest absolute Gasteiger partial charge is 0.416 e. The summed E-state index contributed by atoms with van der Waals surface area (Å²) in [4.78, 5) is 1.46.